The molecular weight excluding hydrogens is 452 g/mol. The average Bonchev–Trinajstić information content (AvgIpc) is 3.08. The number of alkyl halides is 1. The van der Waals surface area contributed by atoms with E-state index in [0.717, 1.165) is 48.8 Å². The molecular formula is C28H33ClO5. The minimum absolute atomic E-state index is 0.113. The van der Waals surface area contributed by atoms with E-state index in [1.165, 1.54) is 0 Å². The first-order valence-corrected chi connectivity index (χ1v) is 12.6. The number of carboxylic acid groups (broad SMARTS) is 1. The zero-order valence-electron chi connectivity index (χ0n) is 19.6. The zero-order chi connectivity index (χ0) is 24.3. The van der Waals surface area contributed by atoms with E-state index in [1.807, 2.05) is 30.3 Å². The summed E-state index contributed by atoms with van der Waals surface area (Å²) in [6.07, 6.45) is 4.80. The van der Waals surface area contributed by atoms with Crippen LogP contribution >= 0.6 is 11.6 Å². The van der Waals surface area contributed by atoms with Crippen LogP contribution in [0.4, 0.5) is 0 Å². The van der Waals surface area contributed by atoms with E-state index in [0.29, 0.717) is 13.0 Å². The first-order valence-electron chi connectivity index (χ1n) is 12.2. The quantitative estimate of drug-likeness (QED) is 0.327. The summed E-state index contributed by atoms with van der Waals surface area (Å²) in [5.41, 5.74) is 2.42. The largest absolute Gasteiger partial charge is 0.478 e. The van der Waals surface area contributed by atoms with Crippen LogP contribution in [0.25, 0.3) is 0 Å². The second kappa shape index (κ2) is 10.6. The second-order valence-electron chi connectivity index (χ2n) is 9.87. The van der Waals surface area contributed by atoms with Crippen LogP contribution in [0.3, 0.4) is 0 Å². The fourth-order valence-electron chi connectivity index (χ4n) is 5.71. The molecule has 5 nitrogen and oxygen atoms in total. The van der Waals surface area contributed by atoms with Crippen molar-refractivity contribution in [1.29, 1.82) is 0 Å². The number of rotatable bonds is 10. The van der Waals surface area contributed by atoms with E-state index in [2.05, 4.69) is 6.92 Å². The summed E-state index contributed by atoms with van der Waals surface area (Å²) in [6, 6.07) is 14.4. The number of Topliss-reactive ketones (excluding diaryl/α,β-unsaturated/α-hetero) is 1. The van der Waals surface area contributed by atoms with Gasteiger partial charge in [-0.15, -0.1) is 11.6 Å². The van der Waals surface area contributed by atoms with E-state index < -0.39 is 12.1 Å². The van der Waals surface area contributed by atoms with Gasteiger partial charge in [-0.05, 0) is 55.0 Å². The monoisotopic (exact) mass is 484 g/mol. The molecule has 2 saturated carbocycles. The lowest BCUT2D eigenvalue weighted by molar-refractivity contribution is 0.0576. The van der Waals surface area contributed by atoms with Crippen molar-refractivity contribution in [2.75, 3.05) is 6.61 Å². The number of ketones is 1. The van der Waals surface area contributed by atoms with Gasteiger partial charge in [0.15, 0.2) is 5.78 Å². The van der Waals surface area contributed by atoms with Gasteiger partial charge in [0, 0.05) is 28.2 Å². The molecule has 0 amide bonds. The van der Waals surface area contributed by atoms with Crippen molar-refractivity contribution in [3.63, 3.8) is 0 Å². The van der Waals surface area contributed by atoms with Gasteiger partial charge < -0.3 is 14.9 Å². The molecule has 2 N–H and O–H groups in total. The number of halogens is 1. The molecule has 0 saturated heterocycles. The van der Waals surface area contributed by atoms with Gasteiger partial charge >= 0.3 is 5.97 Å². The van der Waals surface area contributed by atoms with E-state index in [-0.39, 0.29) is 40.6 Å². The molecule has 2 aliphatic carbocycles. The van der Waals surface area contributed by atoms with Crippen LogP contribution in [0, 0.1) is 11.3 Å². The van der Waals surface area contributed by atoms with Gasteiger partial charge in [0.25, 0.3) is 0 Å². The predicted molar refractivity (Wildman–Crippen MR) is 132 cm³/mol. The molecule has 0 bridgehead atoms. The number of aliphatic hydroxyl groups excluding tert-OH is 1. The third-order valence-electron chi connectivity index (χ3n) is 7.61. The van der Waals surface area contributed by atoms with E-state index in [1.54, 1.807) is 18.2 Å². The van der Waals surface area contributed by atoms with E-state index in [9.17, 15) is 19.8 Å². The van der Waals surface area contributed by atoms with Crippen LogP contribution in [0.1, 0.15) is 83.2 Å². The zero-order valence-corrected chi connectivity index (χ0v) is 20.3. The molecule has 0 heterocycles. The lowest BCUT2D eigenvalue weighted by Gasteiger charge is -2.40. The molecule has 0 aromatic heterocycles. The molecule has 0 radical (unpaired) electrons. The third-order valence-corrected chi connectivity index (χ3v) is 8.12. The number of carboxylic acids is 1. The SMILES string of the molecule is CCCC1(C(=O)c2cccc(C3C(COCc4cccc(C(=O)O)c4)[C@H](Cl)C[C@H]3O)c2)CCC1. The molecule has 2 aliphatic rings. The van der Waals surface area contributed by atoms with Crippen molar-refractivity contribution in [3.8, 4) is 0 Å². The van der Waals surface area contributed by atoms with Gasteiger partial charge in [-0.2, -0.15) is 0 Å². The number of ether oxygens (including phenoxy) is 1. The summed E-state index contributed by atoms with van der Waals surface area (Å²) in [4.78, 5) is 24.6. The Labute approximate surface area is 206 Å². The fraction of sp³-hybridized carbons (Fsp3) is 0.500. The van der Waals surface area contributed by atoms with E-state index >= 15 is 0 Å². The van der Waals surface area contributed by atoms with Gasteiger partial charge in [0.05, 0.1) is 24.9 Å². The predicted octanol–water partition coefficient (Wildman–Crippen LogP) is 5.83. The van der Waals surface area contributed by atoms with Gasteiger partial charge in [-0.1, -0.05) is 50.1 Å². The number of hydrogen-bond donors (Lipinski definition) is 2. The lowest BCUT2D eigenvalue weighted by atomic mass is 9.62. The Balaban J connectivity index is 1.48. The van der Waals surface area contributed by atoms with Gasteiger partial charge in [-0.3, -0.25) is 4.79 Å². The Hall–Kier alpha value is -2.21. The topological polar surface area (TPSA) is 83.8 Å². The summed E-state index contributed by atoms with van der Waals surface area (Å²) < 4.78 is 5.94. The van der Waals surface area contributed by atoms with Crippen LogP contribution in [0.5, 0.6) is 0 Å². The van der Waals surface area contributed by atoms with Crippen LogP contribution < -0.4 is 0 Å². The van der Waals surface area contributed by atoms with Crippen LogP contribution in [-0.4, -0.2) is 40.1 Å². The molecule has 2 aromatic rings. The first-order chi connectivity index (χ1) is 16.3. The average molecular weight is 485 g/mol. The maximum absolute atomic E-state index is 13.4. The number of carbonyl (C=O) groups excluding carboxylic acids is 1. The minimum Gasteiger partial charge on any atom is -0.478 e. The molecule has 34 heavy (non-hydrogen) atoms. The van der Waals surface area contributed by atoms with E-state index in [4.69, 9.17) is 16.3 Å². The van der Waals surface area contributed by atoms with Crippen molar-refractivity contribution < 1.29 is 24.5 Å². The smallest absolute Gasteiger partial charge is 0.335 e. The normalized spacial score (nSPS) is 25.6. The maximum atomic E-state index is 13.4. The lowest BCUT2D eigenvalue weighted by Crippen LogP contribution is -2.38. The number of hydrogen-bond acceptors (Lipinski definition) is 4. The standard InChI is InChI=1S/C28H33ClO5/c1-2-10-28(11-5-12-28)26(31)20-8-4-7-19(14-20)25-22(23(29)15-24(25)30)17-34-16-18-6-3-9-21(13-18)27(32)33/h3-4,6-9,13-14,22-25,30H,2,5,10-12,15-17H2,1H3,(H,32,33)/t22?,23-,24-,25?/m1/s1. The Kier molecular flexibility index (Phi) is 7.76. The molecule has 4 atom stereocenters. The van der Waals surface area contributed by atoms with Crippen molar-refractivity contribution in [1.82, 2.24) is 0 Å². The van der Waals surface area contributed by atoms with Crippen molar-refractivity contribution >= 4 is 23.4 Å². The third kappa shape index (κ3) is 5.07. The molecule has 2 aromatic carbocycles. The molecule has 0 aliphatic heterocycles. The molecule has 2 fully saturated rings. The summed E-state index contributed by atoms with van der Waals surface area (Å²) in [5.74, 6) is -1.08. The molecule has 182 valence electrons. The second-order valence-corrected chi connectivity index (χ2v) is 10.4. The molecule has 0 spiro atoms. The Morgan fingerprint density at radius 3 is 2.53 bits per heavy atom. The summed E-state index contributed by atoms with van der Waals surface area (Å²) in [7, 11) is 0. The van der Waals surface area contributed by atoms with Crippen LogP contribution in [-0.2, 0) is 11.3 Å². The van der Waals surface area contributed by atoms with Crippen molar-refractivity contribution in [3.05, 3.63) is 70.8 Å². The van der Waals surface area contributed by atoms with Crippen LogP contribution in [0.2, 0.25) is 0 Å². The summed E-state index contributed by atoms with van der Waals surface area (Å²) in [6.45, 7) is 2.73. The highest BCUT2D eigenvalue weighted by molar-refractivity contribution is 6.21. The van der Waals surface area contributed by atoms with Gasteiger partial charge in [0.2, 0.25) is 0 Å². The number of benzene rings is 2. The number of aliphatic hydroxyl groups is 1. The van der Waals surface area contributed by atoms with Gasteiger partial charge in [-0.25, -0.2) is 4.79 Å². The highest BCUT2D eigenvalue weighted by Crippen LogP contribution is 2.48. The Morgan fingerprint density at radius 1 is 1.12 bits per heavy atom. The maximum Gasteiger partial charge on any atom is 0.335 e. The fourth-order valence-corrected chi connectivity index (χ4v) is 6.12. The molecule has 6 heteroatoms. The van der Waals surface area contributed by atoms with Gasteiger partial charge in [0.1, 0.15) is 0 Å². The summed E-state index contributed by atoms with van der Waals surface area (Å²) >= 11 is 6.63. The molecule has 4 rings (SSSR count). The Bertz CT molecular complexity index is 1030. The Morgan fingerprint density at radius 2 is 1.85 bits per heavy atom. The number of aromatic carboxylic acids is 1. The highest BCUT2D eigenvalue weighted by atomic mass is 35.5. The minimum atomic E-state index is -0.973. The number of carbonyl (C=O) groups is 2. The van der Waals surface area contributed by atoms with Crippen molar-refractivity contribution in [2.24, 2.45) is 11.3 Å². The summed E-state index contributed by atoms with van der Waals surface area (Å²) in [5, 5.41) is 19.8. The highest BCUT2D eigenvalue weighted by Gasteiger charge is 2.45. The molecule has 2 unspecified atom stereocenters. The van der Waals surface area contributed by atoms with Crippen LogP contribution in [0.15, 0.2) is 48.5 Å². The van der Waals surface area contributed by atoms with Crippen molar-refractivity contribution in [2.45, 2.75) is 69.5 Å². The first kappa shape index (κ1) is 24.9.